The Morgan fingerprint density at radius 1 is 1.35 bits per heavy atom. The molecular formula is C10H13F2NO3S. The van der Waals surface area contributed by atoms with Crippen LogP contribution in [0.25, 0.3) is 0 Å². The molecule has 0 saturated heterocycles. The zero-order chi connectivity index (χ0) is 13.2. The molecule has 0 amide bonds. The Hall–Kier alpha value is -1.21. The van der Waals surface area contributed by atoms with Crippen molar-refractivity contribution < 1.29 is 21.9 Å². The second-order valence-corrected chi connectivity index (χ2v) is 5.61. The highest BCUT2D eigenvalue weighted by Crippen LogP contribution is 2.23. The molecular weight excluding hydrogens is 252 g/mol. The summed E-state index contributed by atoms with van der Waals surface area (Å²) in [4.78, 5) is -0.962. The second kappa shape index (κ2) is 4.97. The number of ether oxygens (including phenoxy) is 1. The first kappa shape index (κ1) is 13.9. The minimum absolute atomic E-state index is 0.168. The van der Waals surface area contributed by atoms with Gasteiger partial charge >= 0.3 is 0 Å². The molecule has 0 saturated carbocycles. The van der Waals surface area contributed by atoms with Crippen molar-refractivity contribution >= 4 is 15.5 Å². The van der Waals surface area contributed by atoms with Crippen molar-refractivity contribution in [1.29, 1.82) is 0 Å². The van der Waals surface area contributed by atoms with E-state index < -0.39 is 38.2 Å². The molecule has 0 radical (unpaired) electrons. The van der Waals surface area contributed by atoms with Crippen LogP contribution in [0.5, 0.6) is 0 Å². The van der Waals surface area contributed by atoms with E-state index in [1.165, 1.54) is 14.0 Å². The van der Waals surface area contributed by atoms with E-state index in [2.05, 4.69) is 0 Å². The highest BCUT2D eigenvalue weighted by atomic mass is 32.2. The van der Waals surface area contributed by atoms with Gasteiger partial charge in [-0.1, -0.05) is 0 Å². The molecule has 0 aliphatic rings. The maximum atomic E-state index is 13.4. The van der Waals surface area contributed by atoms with Crippen LogP contribution in [0.4, 0.5) is 14.5 Å². The third-order valence-electron chi connectivity index (χ3n) is 2.19. The predicted molar refractivity (Wildman–Crippen MR) is 59.3 cm³/mol. The summed E-state index contributed by atoms with van der Waals surface area (Å²) >= 11 is 0. The molecule has 1 atom stereocenters. The molecule has 0 fully saturated rings. The molecule has 4 nitrogen and oxygen atoms in total. The van der Waals surface area contributed by atoms with Gasteiger partial charge in [-0.2, -0.15) is 0 Å². The van der Waals surface area contributed by atoms with Gasteiger partial charge in [-0.05, 0) is 19.1 Å². The summed E-state index contributed by atoms with van der Waals surface area (Å²) < 4.78 is 55.1. The molecule has 1 unspecified atom stereocenters. The molecule has 0 spiro atoms. The van der Waals surface area contributed by atoms with Gasteiger partial charge in [0, 0.05) is 12.8 Å². The summed E-state index contributed by atoms with van der Waals surface area (Å²) in [5, 5.41) is 0. The molecule has 0 bridgehead atoms. The zero-order valence-corrected chi connectivity index (χ0v) is 10.2. The number of hydrogen-bond donors (Lipinski definition) is 1. The Labute approximate surface area is 98.3 Å². The van der Waals surface area contributed by atoms with Gasteiger partial charge in [0.05, 0.1) is 11.9 Å². The van der Waals surface area contributed by atoms with E-state index in [0.29, 0.717) is 0 Å². The molecule has 17 heavy (non-hydrogen) atoms. The van der Waals surface area contributed by atoms with Gasteiger partial charge in [-0.3, -0.25) is 0 Å². The summed E-state index contributed by atoms with van der Waals surface area (Å²) in [6, 6.07) is 1.54. The van der Waals surface area contributed by atoms with Crippen molar-refractivity contribution in [1.82, 2.24) is 0 Å². The first-order chi connectivity index (χ1) is 7.77. The topological polar surface area (TPSA) is 69.4 Å². The first-order valence-corrected chi connectivity index (χ1v) is 6.43. The number of benzene rings is 1. The molecule has 2 N–H and O–H groups in total. The van der Waals surface area contributed by atoms with Crippen LogP contribution in [-0.2, 0) is 14.6 Å². The molecule has 1 rings (SSSR count). The summed E-state index contributed by atoms with van der Waals surface area (Å²) in [6.45, 7) is 1.49. The normalized spacial score (nSPS) is 13.6. The monoisotopic (exact) mass is 265 g/mol. The smallest absolute Gasteiger partial charge is 0.186 e. The summed E-state index contributed by atoms with van der Waals surface area (Å²) in [5.41, 5.74) is 5.03. The van der Waals surface area contributed by atoms with Crippen LogP contribution < -0.4 is 5.73 Å². The van der Waals surface area contributed by atoms with E-state index in [0.717, 1.165) is 12.1 Å². The molecule has 96 valence electrons. The van der Waals surface area contributed by atoms with Crippen molar-refractivity contribution in [3.8, 4) is 0 Å². The van der Waals surface area contributed by atoms with Gasteiger partial charge in [0.15, 0.2) is 9.84 Å². The zero-order valence-electron chi connectivity index (χ0n) is 9.41. The average molecular weight is 265 g/mol. The predicted octanol–water partition coefficient (Wildman–Crippen LogP) is 1.36. The molecule has 1 aromatic carbocycles. The lowest BCUT2D eigenvalue weighted by Gasteiger charge is -2.11. The minimum Gasteiger partial charge on any atom is -0.399 e. The van der Waals surface area contributed by atoms with Gasteiger partial charge in [-0.25, -0.2) is 17.2 Å². The number of rotatable bonds is 4. The summed E-state index contributed by atoms with van der Waals surface area (Å²) in [5.74, 6) is -2.88. The Morgan fingerprint density at radius 3 is 2.24 bits per heavy atom. The Bertz CT molecular complexity index is 493. The van der Waals surface area contributed by atoms with Crippen molar-refractivity contribution in [2.24, 2.45) is 0 Å². The van der Waals surface area contributed by atoms with Gasteiger partial charge in [0.2, 0.25) is 0 Å². The first-order valence-electron chi connectivity index (χ1n) is 4.78. The number of halogens is 2. The largest absolute Gasteiger partial charge is 0.399 e. The summed E-state index contributed by atoms with van der Waals surface area (Å²) in [6.07, 6.45) is -0.656. The van der Waals surface area contributed by atoms with E-state index in [-0.39, 0.29) is 5.69 Å². The minimum atomic E-state index is -4.08. The van der Waals surface area contributed by atoms with Crippen LogP contribution in [-0.4, -0.2) is 27.4 Å². The third kappa shape index (κ3) is 3.13. The standard InChI is InChI=1S/C10H13F2NO3S/c1-6(16-2)5-17(14,15)10-8(11)3-7(13)4-9(10)12/h3-4,6H,5,13H2,1-2H3. The van der Waals surface area contributed by atoms with Crippen molar-refractivity contribution in [3.63, 3.8) is 0 Å². The van der Waals surface area contributed by atoms with Crippen LogP contribution in [0.3, 0.4) is 0 Å². The van der Waals surface area contributed by atoms with Gasteiger partial charge < -0.3 is 10.5 Å². The van der Waals surface area contributed by atoms with E-state index in [4.69, 9.17) is 10.5 Å². The van der Waals surface area contributed by atoms with Gasteiger partial charge in [0.1, 0.15) is 16.5 Å². The lowest BCUT2D eigenvalue weighted by molar-refractivity contribution is 0.136. The Balaban J connectivity index is 3.25. The van der Waals surface area contributed by atoms with Crippen LogP contribution >= 0.6 is 0 Å². The molecule has 0 aliphatic carbocycles. The highest BCUT2D eigenvalue weighted by Gasteiger charge is 2.26. The van der Waals surface area contributed by atoms with Crippen molar-refractivity contribution in [2.45, 2.75) is 17.9 Å². The van der Waals surface area contributed by atoms with Crippen molar-refractivity contribution in [3.05, 3.63) is 23.8 Å². The quantitative estimate of drug-likeness (QED) is 0.834. The SMILES string of the molecule is COC(C)CS(=O)(=O)c1c(F)cc(N)cc1F. The fourth-order valence-corrected chi connectivity index (χ4v) is 2.97. The van der Waals surface area contributed by atoms with E-state index in [1.54, 1.807) is 0 Å². The average Bonchev–Trinajstić information content (AvgIpc) is 2.14. The number of methoxy groups -OCH3 is 1. The number of nitrogen functional groups attached to an aromatic ring is 1. The van der Waals surface area contributed by atoms with Crippen LogP contribution in [0.15, 0.2) is 17.0 Å². The van der Waals surface area contributed by atoms with E-state index in [1.807, 2.05) is 0 Å². The number of hydrogen-bond acceptors (Lipinski definition) is 4. The van der Waals surface area contributed by atoms with Gasteiger partial charge in [-0.15, -0.1) is 0 Å². The number of anilines is 1. The van der Waals surface area contributed by atoms with Gasteiger partial charge in [0.25, 0.3) is 0 Å². The van der Waals surface area contributed by atoms with Crippen LogP contribution in [0, 0.1) is 11.6 Å². The maximum absolute atomic E-state index is 13.4. The lowest BCUT2D eigenvalue weighted by atomic mass is 10.3. The number of nitrogens with two attached hydrogens (primary N) is 1. The summed E-state index contributed by atoms with van der Waals surface area (Å²) in [7, 11) is -2.76. The molecule has 7 heteroatoms. The third-order valence-corrected chi connectivity index (χ3v) is 4.11. The fourth-order valence-electron chi connectivity index (χ4n) is 1.34. The van der Waals surface area contributed by atoms with Crippen LogP contribution in [0.1, 0.15) is 6.92 Å². The maximum Gasteiger partial charge on any atom is 0.186 e. The highest BCUT2D eigenvalue weighted by molar-refractivity contribution is 7.91. The number of sulfone groups is 1. The molecule has 0 aromatic heterocycles. The molecule has 0 heterocycles. The van der Waals surface area contributed by atoms with E-state index >= 15 is 0 Å². The molecule has 1 aromatic rings. The van der Waals surface area contributed by atoms with Crippen molar-refractivity contribution in [2.75, 3.05) is 18.6 Å². The fraction of sp³-hybridized carbons (Fsp3) is 0.400. The molecule has 0 aliphatic heterocycles. The second-order valence-electron chi connectivity index (χ2n) is 3.64. The Kier molecular flexibility index (Phi) is 4.05. The Morgan fingerprint density at radius 2 is 1.82 bits per heavy atom. The van der Waals surface area contributed by atoms with Crippen LogP contribution in [0.2, 0.25) is 0 Å². The lowest BCUT2D eigenvalue weighted by Crippen LogP contribution is -2.22. The van der Waals surface area contributed by atoms with E-state index in [9.17, 15) is 17.2 Å².